The molecule has 0 fully saturated rings. The van der Waals surface area contributed by atoms with Crippen molar-refractivity contribution >= 4 is 21.6 Å². The molecule has 1 aliphatic rings. The van der Waals surface area contributed by atoms with E-state index in [0.717, 1.165) is 35.0 Å². The standard InChI is InChI=1S/C19H20N2O3S/c1-23-13-8-7-11(9-14(13)24-2)10-16-20-18(22)17-12-5-3-4-6-15(12)25-19(17)21-16/h7-9H,3-6,10H2,1-2H3,(H,20,21,22). The van der Waals surface area contributed by atoms with E-state index in [1.165, 1.54) is 16.9 Å². The van der Waals surface area contributed by atoms with E-state index >= 15 is 0 Å². The van der Waals surface area contributed by atoms with Crippen LogP contribution in [0.3, 0.4) is 0 Å². The predicted octanol–water partition coefficient (Wildman–Crippen LogP) is 3.47. The molecule has 0 radical (unpaired) electrons. The number of H-pyrrole nitrogens is 1. The van der Waals surface area contributed by atoms with Crippen LogP contribution in [-0.2, 0) is 19.3 Å². The number of ether oxygens (including phenoxy) is 2. The van der Waals surface area contributed by atoms with Crippen LogP contribution in [0.15, 0.2) is 23.0 Å². The van der Waals surface area contributed by atoms with Crippen LogP contribution in [-0.4, -0.2) is 24.2 Å². The smallest absolute Gasteiger partial charge is 0.259 e. The molecule has 0 saturated heterocycles. The van der Waals surface area contributed by atoms with Gasteiger partial charge in [0.25, 0.3) is 5.56 Å². The molecule has 0 spiro atoms. The molecular formula is C19H20N2O3S. The molecule has 0 unspecified atom stereocenters. The second-order valence-electron chi connectivity index (χ2n) is 6.27. The predicted molar refractivity (Wildman–Crippen MR) is 99.2 cm³/mol. The lowest BCUT2D eigenvalue weighted by atomic mass is 9.97. The second-order valence-corrected chi connectivity index (χ2v) is 7.35. The number of nitrogens with zero attached hydrogens (tertiary/aromatic N) is 1. The summed E-state index contributed by atoms with van der Waals surface area (Å²) in [6.45, 7) is 0. The number of rotatable bonds is 4. The van der Waals surface area contributed by atoms with Crippen molar-refractivity contribution in [1.82, 2.24) is 9.97 Å². The number of aromatic amines is 1. The van der Waals surface area contributed by atoms with Crippen LogP contribution in [0.4, 0.5) is 0 Å². The lowest BCUT2D eigenvalue weighted by Crippen LogP contribution is -2.13. The van der Waals surface area contributed by atoms with Gasteiger partial charge in [0.15, 0.2) is 11.5 Å². The van der Waals surface area contributed by atoms with Gasteiger partial charge in [0.2, 0.25) is 0 Å². The lowest BCUT2D eigenvalue weighted by molar-refractivity contribution is 0.354. The topological polar surface area (TPSA) is 64.2 Å². The fourth-order valence-electron chi connectivity index (χ4n) is 3.48. The third kappa shape index (κ3) is 2.91. The molecule has 0 amide bonds. The number of hydrogen-bond acceptors (Lipinski definition) is 5. The van der Waals surface area contributed by atoms with Crippen molar-refractivity contribution in [3.63, 3.8) is 0 Å². The van der Waals surface area contributed by atoms with Gasteiger partial charge in [0.05, 0.1) is 19.6 Å². The molecule has 0 atom stereocenters. The zero-order valence-electron chi connectivity index (χ0n) is 14.3. The third-order valence-corrected chi connectivity index (χ3v) is 5.88. The van der Waals surface area contributed by atoms with Gasteiger partial charge in [-0.25, -0.2) is 4.98 Å². The van der Waals surface area contributed by atoms with Gasteiger partial charge in [-0.1, -0.05) is 6.07 Å². The van der Waals surface area contributed by atoms with E-state index in [0.29, 0.717) is 23.7 Å². The molecule has 5 nitrogen and oxygen atoms in total. The molecule has 25 heavy (non-hydrogen) atoms. The summed E-state index contributed by atoms with van der Waals surface area (Å²) >= 11 is 1.68. The molecule has 3 aromatic rings. The number of hydrogen-bond donors (Lipinski definition) is 1. The second kappa shape index (κ2) is 6.52. The molecule has 0 bridgehead atoms. The molecule has 2 aromatic heterocycles. The minimum atomic E-state index is -0.0140. The Balaban J connectivity index is 1.72. The van der Waals surface area contributed by atoms with E-state index in [9.17, 15) is 4.79 Å². The molecular weight excluding hydrogens is 336 g/mol. The highest BCUT2D eigenvalue weighted by molar-refractivity contribution is 7.18. The summed E-state index contributed by atoms with van der Waals surface area (Å²) in [7, 11) is 3.23. The fraction of sp³-hybridized carbons (Fsp3) is 0.368. The van der Waals surface area contributed by atoms with Crippen molar-refractivity contribution in [2.24, 2.45) is 0 Å². The van der Waals surface area contributed by atoms with E-state index < -0.39 is 0 Å². The van der Waals surface area contributed by atoms with Crippen molar-refractivity contribution in [2.75, 3.05) is 14.2 Å². The Hall–Kier alpha value is -2.34. The molecule has 1 aromatic carbocycles. The Morgan fingerprint density at radius 3 is 2.76 bits per heavy atom. The first-order valence-corrected chi connectivity index (χ1v) is 9.25. The molecule has 1 N–H and O–H groups in total. The SMILES string of the molecule is COc1ccc(Cc2nc3sc4c(c3c(=O)[nH]2)CCCC4)cc1OC. The van der Waals surface area contributed by atoms with E-state index in [1.54, 1.807) is 25.6 Å². The zero-order valence-corrected chi connectivity index (χ0v) is 15.2. The monoisotopic (exact) mass is 356 g/mol. The highest BCUT2D eigenvalue weighted by Crippen LogP contribution is 2.34. The van der Waals surface area contributed by atoms with Crippen LogP contribution in [0.1, 0.15) is 34.7 Å². The highest BCUT2D eigenvalue weighted by Gasteiger charge is 2.19. The van der Waals surface area contributed by atoms with Crippen molar-refractivity contribution in [1.29, 1.82) is 0 Å². The van der Waals surface area contributed by atoms with E-state index in [4.69, 9.17) is 14.5 Å². The molecule has 1 aliphatic carbocycles. The molecule has 2 heterocycles. The van der Waals surface area contributed by atoms with Gasteiger partial charge >= 0.3 is 0 Å². The number of nitrogens with one attached hydrogen (secondary N) is 1. The Morgan fingerprint density at radius 1 is 1.16 bits per heavy atom. The summed E-state index contributed by atoms with van der Waals surface area (Å²) in [6.07, 6.45) is 4.98. The zero-order chi connectivity index (χ0) is 17.4. The molecule has 4 rings (SSSR count). The van der Waals surface area contributed by atoms with Crippen molar-refractivity contribution < 1.29 is 9.47 Å². The Labute approximate surface area is 149 Å². The van der Waals surface area contributed by atoms with Crippen LogP contribution >= 0.6 is 11.3 Å². The van der Waals surface area contributed by atoms with Crippen LogP contribution < -0.4 is 15.0 Å². The summed E-state index contributed by atoms with van der Waals surface area (Å²) in [5, 5.41) is 0.802. The van der Waals surface area contributed by atoms with Gasteiger partial charge in [-0.2, -0.15) is 0 Å². The number of fused-ring (bicyclic) bond motifs is 3. The quantitative estimate of drug-likeness (QED) is 0.777. The Bertz CT molecular complexity index is 990. The Morgan fingerprint density at radius 2 is 1.96 bits per heavy atom. The molecule has 6 heteroatoms. The molecule has 0 aliphatic heterocycles. The lowest BCUT2D eigenvalue weighted by Gasteiger charge is -2.10. The first kappa shape index (κ1) is 16.1. The Kier molecular flexibility index (Phi) is 4.21. The molecule has 0 saturated carbocycles. The van der Waals surface area contributed by atoms with Crippen molar-refractivity contribution in [3.8, 4) is 11.5 Å². The summed E-state index contributed by atoms with van der Waals surface area (Å²) in [4.78, 5) is 22.5. The minimum absolute atomic E-state index is 0.0140. The van der Waals surface area contributed by atoms with Crippen LogP contribution in [0, 0.1) is 0 Å². The van der Waals surface area contributed by atoms with Gasteiger partial charge in [-0.15, -0.1) is 11.3 Å². The van der Waals surface area contributed by atoms with E-state index in [1.807, 2.05) is 18.2 Å². The first-order chi connectivity index (χ1) is 12.2. The molecule has 130 valence electrons. The average Bonchev–Trinajstić information content (AvgIpc) is 3.00. The normalized spacial score (nSPS) is 13.7. The van der Waals surface area contributed by atoms with Crippen molar-refractivity contribution in [2.45, 2.75) is 32.1 Å². The van der Waals surface area contributed by atoms with E-state index in [-0.39, 0.29) is 5.56 Å². The van der Waals surface area contributed by atoms with Gasteiger partial charge in [0, 0.05) is 11.3 Å². The summed E-state index contributed by atoms with van der Waals surface area (Å²) in [5.74, 6) is 2.05. The summed E-state index contributed by atoms with van der Waals surface area (Å²) in [6, 6.07) is 5.75. The largest absolute Gasteiger partial charge is 0.493 e. The van der Waals surface area contributed by atoms with Gasteiger partial charge < -0.3 is 14.5 Å². The van der Waals surface area contributed by atoms with Crippen LogP contribution in [0.25, 0.3) is 10.2 Å². The number of methoxy groups -OCH3 is 2. The minimum Gasteiger partial charge on any atom is -0.493 e. The number of aryl methyl sites for hydroxylation is 2. The number of benzene rings is 1. The first-order valence-electron chi connectivity index (χ1n) is 8.44. The van der Waals surface area contributed by atoms with E-state index in [2.05, 4.69) is 4.98 Å². The highest BCUT2D eigenvalue weighted by atomic mass is 32.1. The maximum Gasteiger partial charge on any atom is 0.259 e. The number of thiophene rings is 1. The number of aromatic nitrogens is 2. The van der Waals surface area contributed by atoms with Crippen LogP contribution in [0.5, 0.6) is 11.5 Å². The maximum absolute atomic E-state index is 12.6. The maximum atomic E-state index is 12.6. The summed E-state index contributed by atoms with van der Waals surface area (Å²) < 4.78 is 10.6. The summed E-state index contributed by atoms with van der Waals surface area (Å²) in [5.41, 5.74) is 2.22. The third-order valence-electron chi connectivity index (χ3n) is 4.69. The van der Waals surface area contributed by atoms with Gasteiger partial charge in [0.1, 0.15) is 10.7 Å². The van der Waals surface area contributed by atoms with Gasteiger partial charge in [-0.3, -0.25) is 4.79 Å². The van der Waals surface area contributed by atoms with Gasteiger partial charge in [-0.05, 0) is 48.9 Å². The average molecular weight is 356 g/mol. The van der Waals surface area contributed by atoms with Crippen LogP contribution in [0.2, 0.25) is 0 Å². The van der Waals surface area contributed by atoms with Crippen molar-refractivity contribution in [3.05, 3.63) is 50.4 Å². The fourth-order valence-corrected chi connectivity index (χ4v) is 4.76.